The van der Waals surface area contributed by atoms with Crippen LogP contribution in [0.5, 0.6) is 0 Å². The molecule has 0 saturated heterocycles. The molecule has 2 heterocycles. The van der Waals surface area contributed by atoms with E-state index in [1.165, 1.54) is 23.7 Å². The molecule has 2 N–H and O–H groups in total. The topological polar surface area (TPSA) is 100 Å². The lowest BCUT2D eigenvalue weighted by molar-refractivity contribution is -0.137. The number of aromatic nitrogens is 4. The summed E-state index contributed by atoms with van der Waals surface area (Å²) in [6.45, 7) is 10.3. The van der Waals surface area contributed by atoms with Crippen LogP contribution >= 0.6 is 0 Å². The van der Waals surface area contributed by atoms with Crippen LogP contribution in [0.15, 0.2) is 59.4 Å². The van der Waals surface area contributed by atoms with Gasteiger partial charge in [-0.2, -0.15) is 18.3 Å². The van der Waals surface area contributed by atoms with Gasteiger partial charge in [-0.25, -0.2) is 14.5 Å². The van der Waals surface area contributed by atoms with Crippen LogP contribution in [-0.4, -0.2) is 25.2 Å². The molecule has 8 nitrogen and oxygen atoms in total. The second-order valence-corrected chi connectivity index (χ2v) is 7.66. The van der Waals surface area contributed by atoms with Crippen molar-refractivity contribution in [3.8, 4) is 22.8 Å². The molecule has 0 atom stereocenters. The molecule has 0 saturated carbocycles. The van der Waals surface area contributed by atoms with Crippen LogP contribution in [0.3, 0.4) is 0 Å². The Labute approximate surface area is 196 Å². The smallest absolute Gasteiger partial charge is 0.364 e. The molecule has 0 spiro atoms. The van der Waals surface area contributed by atoms with E-state index in [1.54, 1.807) is 37.3 Å². The van der Waals surface area contributed by atoms with Crippen molar-refractivity contribution >= 4 is 11.6 Å². The Morgan fingerprint density at radius 2 is 1.74 bits per heavy atom. The summed E-state index contributed by atoms with van der Waals surface area (Å²) in [4.78, 5) is 32.7. The maximum absolute atomic E-state index is 13.3. The quantitative estimate of drug-likeness (QED) is 0.440. The van der Waals surface area contributed by atoms with Crippen molar-refractivity contribution in [2.75, 3.05) is 0 Å². The second-order valence-electron chi connectivity index (χ2n) is 7.66. The van der Waals surface area contributed by atoms with Gasteiger partial charge in [-0.05, 0) is 50.2 Å². The fourth-order valence-electron chi connectivity index (χ4n) is 3.67. The molecule has 0 aliphatic carbocycles. The fraction of sp³-hybridized carbons (Fsp3) is 0.125. The average molecular weight is 478 g/mol. The molecular weight excluding hydrogens is 461 g/mol. The zero-order chi connectivity index (χ0) is 25.5. The van der Waals surface area contributed by atoms with Gasteiger partial charge >= 0.3 is 6.18 Å². The van der Waals surface area contributed by atoms with Gasteiger partial charge in [-0.1, -0.05) is 18.2 Å². The minimum atomic E-state index is -4.64. The zero-order valence-corrected chi connectivity index (χ0v) is 18.5. The summed E-state index contributed by atoms with van der Waals surface area (Å²) in [7, 11) is 0. The Hall–Kier alpha value is -4.72. The van der Waals surface area contributed by atoms with Gasteiger partial charge in [0.1, 0.15) is 5.69 Å². The molecular formula is C24H17F3N6O2. The number of carbonyl (C=O) groups excluding carboxylic acids is 1. The number of hydrogen-bond acceptors (Lipinski definition) is 4. The summed E-state index contributed by atoms with van der Waals surface area (Å²) in [5, 5.41) is 4.45. The zero-order valence-electron chi connectivity index (χ0n) is 18.5. The highest BCUT2D eigenvalue weighted by molar-refractivity contribution is 5.91. The fourth-order valence-corrected chi connectivity index (χ4v) is 3.67. The van der Waals surface area contributed by atoms with E-state index in [4.69, 9.17) is 12.3 Å². The SMILES string of the molecule is [C-]#[N+]c1ccc(-n2nc(C)cc2-c2nc(C(N)=O)c(=O)n(-c3cccc(C(F)(F)F)c3)c2C)cc1. The minimum Gasteiger partial charge on any atom is -0.364 e. The molecule has 1 amide bonds. The highest BCUT2D eigenvalue weighted by Gasteiger charge is 2.31. The number of rotatable bonds is 4. The highest BCUT2D eigenvalue weighted by atomic mass is 19.4. The first-order valence-electron chi connectivity index (χ1n) is 10.2. The Balaban J connectivity index is 2.01. The molecule has 0 aliphatic heterocycles. The van der Waals surface area contributed by atoms with Crippen LogP contribution in [0, 0.1) is 20.4 Å². The van der Waals surface area contributed by atoms with E-state index in [0.29, 0.717) is 22.8 Å². The predicted octanol–water partition coefficient (Wildman–Crippen LogP) is 4.37. The Morgan fingerprint density at radius 3 is 2.34 bits per heavy atom. The van der Waals surface area contributed by atoms with E-state index in [2.05, 4.69) is 14.9 Å². The lowest BCUT2D eigenvalue weighted by atomic mass is 10.1. The summed E-state index contributed by atoms with van der Waals surface area (Å²) in [6.07, 6.45) is -4.64. The van der Waals surface area contributed by atoms with Crippen molar-refractivity contribution in [3.05, 3.63) is 99.0 Å². The summed E-state index contributed by atoms with van der Waals surface area (Å²) in [5.74, 6) is -1.12. The normalized spacial score (nSPS) is 11.3. The van der Waals surface area contributed by atoms with Gasteiger partial charge < -0.3 is 5.73 Å². The van der Waals surface area contributed by atoms with Crippen molar-refractivity contribution in [1.29, 1.82) is 0 Å². The maximum Gasteiger partial charge on any atom is 0.416 e. The first-order chi connectivity index (χ1) is 16.5. The molecule has 0 aliphatic rings. The molecule has 35 heavy (non-hydrogen) atoms. The van der Waals surface area contributed by atoms with Gasteiger partial charge in [0.25, 0.3) is 11.5 Å². The molecule has 176 valence electrons. The van der Waals surface area contributed by atoms with E-state index in [-0.39, 0.29) is 17.1 Å². The summed E-state index contributed by atoms with van der Waals surface area (Å²) in [6, 6.07) is 12.4. The number of alkyl halides is 3. The molecule has 0 unspecified atom stereocenters. The van der Waals surface area contributed by atoms with Crippen molar-refractivity contribution in [2.24, 2.45) is 5.73 Å². The van der Waals surface area contributed by atoms with Gasteiger partial charge in [0, 0.05) is 5.69 Å². The number of nitrogens with zero attached hydrogens (tertiary/aromatic N) is 5. The van der Waals surface area contributed by atoms with E-state index < -0.39 is 28.9 Å². The van der Waals surface area contributed by atoms with Crippen LogP contribution in [0.2, 0.25) is 0 Å². The number of hydrogen-bond donors (Lipinski definition) is 1. The number of benzene rings is 2. The summed E-state index contributed by atoms with van der Waals surface area (Å²) < 4.78 is 42.5. The van der Waals surface area contributed by atoms with Crippen LogP contribution in [0.25, 0.3) is 27.6 Å². The molecule has 2 aromatic carbocycles. The number of halogens is 3. The molecule has 2 aromatic heterocycles. The third kappa shape index (κ3) is 4.29. The number of aryl methyl sites for hydroxylation is 1. The lowest BCUT2D eigenvalue weighted by Crippen LogP contribution is -2.32. The summed E-state index contributed by atoms with van der Waals surface area (Å²) in [5.41, 5.74) is 5.02. The lowest BCUT2D eigenvalue weighted by Gasteiger charge is -2.17. The molecule has 0 bridgehead atoms. The highest BCUT2D eigenvalue weighted by Crippen LogP contribution is 2.31. The van der Waals surface area contributed by atoms with E-state index in [9.17, 15) is 22.8 Å². The van der Waals surface area contributed by atoms with E-state index in [0.717, 1.165) is 16.7 Å². The van der Waals surface area contributed by atoms with Gasteiger partial charge in [-0.15, -0.1) is 0 Å². The van der Waals surface area contributed by atoms with Gasteiger partial charge in [0.15, 0.2) is 11.4 Å². The molecule has 4 aromatic rings. The number of carbonyl (C=O) groups is 1. The maximum atomic E-state index is 13.3. The Morgan fingerprint density at radius 1 is 1.06 bits per heavy atom. The predicted molar refractivity (Wildman–Crippen MR) is 122 cm³/mol. The van der Waals surface area contributed by atoms with Crippen molar-refractivity contribution < 1.29 is 18.0 Å². The third-order valence-corrected chi connectivity index (χ3v) is 5.27. The van der Waals surface area contributed by atoms with Crippen molar-refractivity contribution in [3.63, 3.8) is 0 Å². The molecule has 0 fully saturated rings. The third-order valence-electron chi connectivity index (χ3n) is 5.27. The Bertz CT molecular complexity index is 1560. The number of primary amides is 1. The van der Waals surface area contributed by atoms with Crippen LogP contribution < -0.4 is 11.3 Å². The molecule has 11 heteroatoms. The Kier molecular flexibility index (Phi) is 5.74. The van der Waals surface area contributed by atoms with Crippen molar-refractivity contribution in [1.82, 2.24) is 19.3 Å². The van der Waals surface area contributed by atoms with Gasteiger partial charge in [0.2, 0.25) is 0 Å². The number of amides is 1. The second kappa shape index (κ2) is 8.57. The average Bonchev–Trinajstić information content (AvgIpc) is 3.20. The minimum absolute atomic E-state index is 0.0994. The van der Waals surface area contributed by atoms with Crippen molar-refractivity contribution in [2.45, 2.75) is 20.0 Å². The first kappa shape index (κ1) is 23.4. The number of nitrogens with two attached hydrogens (primary N) is 1. The molecule has 4 rings (SSSR count). The van der Waals surface area contributed by atoms with Crippen LogP contribution in [0.4, 0.5) is 18.9 Å². The van der Waals surface area contributed by atoms with E-state index in [1.807, 2.05) is 0 Å². The van der Waals surface area contributed by atoms with Gasteiger partial charge in [-0.3, -0.25) is 14.2 Å². The van der Waals surface area contributed by atoms with Crippen LogP contribution in [-0.2, 0) is 6.18 Å². The molecule has 0 radical (unpaired) electrons. The largest absolute Gasteiger partial charge is 0.416 e. The van der Waals surface area contributed by atoms with Crippen LogP contribution in [0.1, 0.15) is 27.4 Å². The van der Waals surface area contributed by atoms with Gasteiger partial charge in [0.05, 0.1) is 34.9 Å². The van der Waals surface area contributed by atoms with E-state index >= 15 is 0 Å². The standard InChI is InChI=1S/C24H17F3N6O2/c1-13-11-19(33(31-13)17-9-7-16(29-3)8-10-17)20-14(2)32(23(35)21(30-20)22(28)34)18-6-4-5-15(12-18)24(25,26)27/h4-12H,1-2H3,(H2,28,34). The monoisotopic (exact) mass is 478 g/mol. The summed E-state index contributed by atoms with van der Waals surface area (Å²) >= 11 is 0. The first-order valence-corrected chi connectivity index (χ1v) is 10.2.